The van der Waals surface area contributed by atoms with Crippen molar-refractivity contribution in [2.45, 2.75) is 6.92 Å². The van der Waals surface area contributed by atoms with Crippen LogP contribution in [-0.4, -0.2) is 4.98 Å². The Bertz CT molecular complexity index is 441. The summed E-state index contributed by atoms with van der Waals surface area (Å²) in [6, 6.07) is 6.42. The minimum absolute atomic E-state index is 0.670. The van der Waals surface area contributed by atoms with E-state index in [0.29, 0.717) is 8.19 Å². The van der Waals surface area contributed by atoms with Gasteiger partial charge in [0.2, 0.25) is 0 Å². The van der Waals surface area contributed by atoms with E-state index in [-0.39, 0.29) is 0 Å². The Morgan fingerprint density at radius 1 is 1.45 bits per heavy atom. The average molecular weight is 181 g/mol. The summed E-state index contributed by atoms with van der Waals surface area (Å²) < 4.78 is 0.964. The van der Waals surface area contributed by atoms with Gasteiger partial charge in [0, 0.05) is 5.12 Å². The van der Waals surface area contributed by atoms with Crippen molar-refractivity contribution in [1.82, 2.24) is 4.98 Å². The molecular formula is C8H8NPS. The summed E-state index contributed by atoms with van der Waals surface area (Å²) in [6.45, 7) is 2.09. The van der Waals surface area contributed by atoms with E-state index < -0.39 is 0 Å². The quantitative estimate of drug-likeness (QED) is 0.617. The van der Waals surface area contributed by atoms with E-state index in [1.54, 1.807) is 0 Å². The molecule has 0 spiro atoms. The first kappa shape index (κ1) is 7.08. The second-order valence-corrected chi connectivity index (χ2v) is 4.69. The standard InChI is InChI=1S/C8H8NPS/c1-5-2-3-7-6(4-5)9-8(11)10-7/h2-4,10H,1H3,(H,9,11). The van der Waals surface area contributed by atoms with Gasteiger partial charge in [-0.2, -0.15) is 0 Å². The Hall–Kier alpha value is -0.590. The number of aryl methyl sites for hydroxylation is 1. The van der Waals surface area contributed by atoms with Gasteiger partial charge in [0.1, 0.15) is 4.37 Å². The summed E-state index contributed by atoms with van der Waals surface area (Å²) in [5.41, 5.74) is 2.49. The first-order valence-electron chi connectivity index (χ1n) is 3.44. The number of fused-ring (bicyclic) bond motifs is 1. The molecule has 1 aromatic carbocycles. The van der Waals surface area contributed by atoms with Gasteiger partial charge in [-0.25, -0.2) is 0 Å². The zero-order valence-corrected chi connectivity index (χ0v) is 7.96. The van der Waals surface area contributed by atoms with Gasteiger partial charge in [0.25, 0.3) is 0 Å². The summed E-state index contributed by atoms with van der Waals surface area (Å²) in [4.78, 5) is 3.18. The van der Waals surface area contributed by atoms with Crippen LogP contribution in [0.25, 0.3) is 10.6 Å². The number of hydrogen-bond donors (Lipinski definition) is 1. The largest absolute Gasteiger partial charge is 0.343 e. The monoisotopic (exact) mass is 181 g/mol. The molecule has 1 heterocycles. The summed E-state index contributed by atoms with van der Waals surface area (Å²) >= 11 is 5.07. The Kier molecular flexibility index (Phi) is 1.59. The van der Waals surface area contributed by atoms with Crippen molar-refractivity contribution in [2.75, 3.05) is 0 Å². The molecule has 11 heavy (non-hydrogen) atoms. The maximum Gasteiger partial charge on any atom is 0.120 e. The van der Waals surface area contributed by atoms with Gasteiger partial charge in [-0.15, -0.1) is 0 Å². The highest BCUT2D eigenvalue weighted by Gasteiger charge is 1.93. The van der Waals surface area contributed by atoms with E-state index in [9.17, 15) is 0 Å². The third kappa shape index (κ3) is 1.24. The first-order valence-corrected chi connectivity index (χ1v) is 4.85. The smallest absolute Gasteiger partial charge is 0.120 e. The minimum Gasteiger partial charge on any atom is -0.343 e. The zero-order chi connectivity index (χ0) is 7.84. The van der Waals surface area contributed by atoms with E-state index in [0.717, 1.165) is 4.37 Å². The van der Waals surface area contributed by atoms with Crippen LogP contribution >= 0.6 is 20.4 Å². The van der Waals surface area contributed by atoms with Gasteiger partial charge >= 0.3 is 0 Å². The number of benzene rings is 1. The molecule has 0 aliphatic heterocycles. The van der Waals surface area contributed by atoms with Crippen molar-refractivity contribution in [3.05, 3.63) is 28.1 Å². The van der Waals surface area contributed by atoms with Crippen LogP contribution in [0.15, 0.2) is 18.2 Å². The van der Waals surface area contributed by atoms with Gasteiger partial charge in [-0.05, 0) is 24.6 Å². The normalized spacial score (nSPS) is 11.4. The predicted molar refractivity (Wildman–Crippen MR) is 53.4 cm³/mol. The average Bonchev–Trinajstić information content (AvgIpc) is 2.27. The van der Waals surface area contributed by atoms with Crippen LogP contribution in [0.3, 0.4) is 0 Å². The van der Waals surface area contributed by atoms with Crippen molar-refractivity contribution in [3.8, 4) is 0 Å². The molecule has 1 aromatic heterocycles. The van der Waals surface area contributed by atoms with Crippen LogP contribution in [0.5, 0.6) is 0 Å². The molecule has 0 bridgehead atoms. The van der Waals surface area contributed by atoms with Gasteiger partial charge in [-0.1, -0.05) is 26.5 Å². The van der Waals surface area contributed by atoms with Crippen LogP contribution in [0.2, 0.25) is 0 Å². The molecule has 1 N–H and O–H groups in total. The first-order chi connectivity index (χ1) is 5.25. The molecule has 1 nitrogen and oxygen atoms in total. The highest BCUT2D eigenvalue weighted by atomic mass is 32.1. The molecular weight excluding hydrogens is 173 g/mol. The molecule has 3 heteroatoms. The lowest BCUT2D eigenvalue weighted by atomic mass is 10.2. The molecule has 1 atom stereocenters. The van der Waals surface area contributed by atoms with Gasteiger partial charge < -0.3 is 4.98 Å². The van der Waals surface area contributed by atoms with Crippen molar-refractivity contribution >= 4 is 31.0 Å². The Balaban J connectivity index is 2.92. The molecule has 2 aromatic rings. The summed E-state index contributed by atoms with van der Waals surface area (Å²) in [6.07, 6.45) is 0. The van der Waals surface area contributed by atoms with Crippen LogP contribution in [0.1, 0.15) is 5.56 Å². The number of hydrogen-bond acceptors (Lipinski definition) is 1. The highest BCUT2D eigenvalue weighted by Crippen LogP contribution is 2.24. The van der Waals surface area contributed by atoms with Crippen molar-refractivity contribution in [2.24, 2.45) is 0 Å². The number of nitrogens with one attached hydrogen (secondary N) is 1. The van der Waals surface area contributed by atoms with Crippen LogP contribution in [-0.2, 0) is 0 Å². The fraction of sp³-hybridized carbons (Fsp3) is 0.125. The Morgan fingerprint density at radius 2 is 2.27 bits per heavy atom. The van der Waals surface area contributed by atoms with E-state index >= 15 is 0 Å². The van der Waals surface area contributed by atoms with Crippen molar-refractivity contribution in [3.63, 3.8) is 0 Å². The third-order valence-corrected chi connectivity index (χ3v) is 3.14. The molecule has 0 saturated carbocycles. The third-order valence-electron chi connectivity index (χ3n) is 1.67. The molecule has 2 rings (SSSR count). The van der Waals surface area contributed by atoms with E-state index in [1.807, 2.05) is 0 Å². The highest BCUT2D eigenvalue weighted by molar-refractivity contribution is 7.75. The zero-order valence-electron chi connectivity index (χ0n) is 6.14. The number of aromatic nitrogens is 1. The van der Waals surface area contributed by atoms with Crippen LogP contribution in [0, 0.1) is 11.3 Å². The van der Waals surface area contributed by atoms with Crippen LogP contribution in [0.4, 0.5) is 0 Å². The van der Waals surface area contributed by atoms with E-state index in [4.69, 9.17) is 12.2 Å². The number of aromatic amines is 1. The van der Waals surface area contributed by atoms with Crippen LogP contribution < -0.4 is 0 Å². The lowest BCUT2D eigenvalue weighted by Crippen LogP contribution is -1.70. The predicted octanol–water partition coefficient (Wildman–Crippen LogP) is 3.24. The summed E-state index contributed by atoms with van der Waals surface area (Å²) in [5, 5.41) is 1.35. The lowest BCUT2D eigenvalue weighted by molar-refractivity contribution is 1.43. The molecule has 0 saturated heterocycles. The molecule has 0 fully saturated rings. The second kappa shape index (κ2) is 2.47. The van der Waals surface area contributed by atoms with E-state index in [1.165, 1.54) is 16.2 Å². The SMILES string of the molecule is Cc1ccc2[pH]c(=S)[nH]c2c1. The number of H-pyrrole nitrogens is 1. The van der Waals surface area contributed by atoms with Gasteiger partial charge in [0.05, 0.1) is 5.52 Å². The fourth-order valence-corrected chi connectivity index (χ4v) is 2.46. The van der Waals surface area contributed by atoms with Gasteiger partial charge in [-0.3, -0.25) is 0 Å². The number of rotatable bonds is 0. The maximum absolute atomic E-state index is 5.07. The van der Waals surface area contributed by atoms with Gasteiger partial charge in [0.15, 0.2) is 0 Å². The molecule has 0 amide bonds. The van der Waals surface area contributed by atoms with Crippen molar-refractivity contribution in [1.29, 1.82) is 0 Å². The lowest BCUT2D eigenvalue weighted by Gasteiger charge is -1.90. The molecule has 0 aliphatic carbocycles. The Labute approximate surface area is 71.5 Å². The fourth-order valence-electron chi connectivity index (χ4n) is 1.15. The van der Waals surface area contributed by atoms with E-state index in [2.05, 4.69) is 30.1 Å². The maximum atomic E-state index is 5.07. The Morgan fingerprint density at radius 3 is 3.09 bits per heavy atom. The minimum atomic E-state index is 0.670. The molecule has 0 aliphatic rings. The van der Waals surface area contributed by atoms with Crippen molar-refractivity contribution < 1.29 is 0 Å². The molecule has 0 radical (unpaired) electrons. The molecule has 56 valence electrons. The summed E-state index contributed by atoms with van der Waals surface area (Å²) in [7, 11) is 0.670. The summed E-state index contributed by atoms with van der Waals surface area (Å²) in [5.74, 6) is 0. The second-order valence-electron chi connectivity index (χ2n) is 2.63. The molecule has 1 unspecified atom stereocenters. The topological polar surface area (TPSA) is 15.8 Å².